The Morgan fingerprint density at radius 3 is 2.11 bits per heavy atom. The molecule has 0 amide bonds. The highest BCUT2D eigenvalue weighted by molar-refractivity contribution is 7.89. The Balaban J connectivity index is 1.89. The van der Waals surface area contributed by atoms with Crippen LogP contribution in [0.3, 0.4) is 0 Å². The first-order chi connectivity index (χ1) is 12.9. The van der Waals surface area contributed by atoms with E-state index < -0.39 is 16.0 Å². The summed E-state index contributed by atoms with van der Waals surface area (Å²) in [7, 11) is -3.56. The van der Waals surface area contributed by atoms with Crippen LogP contribution in [0.25, 0.3) is 0 Å². The lowest BCUT2D eigenvalue weighted by molar-refractivity contribution is 0.0450. The molecule has 0 aliphatic rings. The molecule has 0 heterocycles. The Hall–Kier alpha value is -2.45. The van der Waals surface area contributed by atoms with E-state index in [1.807, 2.05) is 0 Å². The molecule has 0 aromatic heterocycles. The summed E-state index contributed by atoms with van der Waals surface area (Å²) in [6.45, 7) is 4.40. The van der Waals surface area contributed by atoms with Crippen molar-refractivity contribution in [3.8, 4) is 5.75 Å². The van der Waals surface area contributed by atoms with Crippen LogP contribution in [0.1, 0.15) is 24.2 Å². The van der Waals surface area contributed by atoms with Crippen molar-refractivity contribution >= 4 is 16.0 Å². The predicted octanol–water partition coefficient (Wildman–Crippen LogP) is 3.09. The fourth-order valence-electron chi connectivity index (χ4n) is 2.38. The molecule has 27 heavy (non-hydrogen) atoms. The van der Waals surface area contributed by atoms with Gasteiger partial charge in [0.2, 0.25) is 10.0 Å². The molecule has 0 aliphatic carbocycles. The third kappa shape index (κ3) is 5.51. The Kier molecular flexibility index (Phi) is 7.32. The van der Waals surface area contributed by atoms with Crippen LogP contribution in [0.4, 0.5) is 4.39 Å². The average molecular weight is 395 g/mol. The maximum absolute atomic E-state index is 12.8. The summed E-state index contributed by atoms with van der Waals surface area (Å²) in [6, 6.07) is 11.1. The van der Waals surface area contributed by atoms with Gasteiger partial charge in [-0.1, -0.05) is 13.8 Å². The Morgan fingerprint density at radius 2 is 1.56 bits per heavy atom. The molecule has 0 saturated carbocycles. The van der Waals surface area contributed by atoms with E-state index in [9.17, 15) is 17.6 Å². The number of carbonyl (C=O) groups is 1. The van der Waals surface area contributed by atoms with Gasteiger partial charge in [0, 0.05) is 13.1 Å². The smallest absolute Gasteiger partial charge is 0.338 e. The van der Waals surface area contributed by atoms with E-state index in [0.717, 1.165) is 0 Å². The van der Waals surface area contributed by atoms with E-state index >= 15 is 0 Å². The first-order valence-corrected chi connectivity index (χ1v) is 9.98. The lowest BCUT2D eigenvalue weighted by Gasteiger charge is -2.18. The molecule has 2 aromatic carbocycles. The number of carbonyl (C=O) groups excluding carboxylic acids is 1. The van der Waals surface area contributed by atoms with Crippen molar-refractivity contribution < 1.29 is 27.1 Å². The molecule has 0 unspecified atom stereocenters. The van der Waals surface area contributed by atoms with E-state index in [1.54, 1.807) is 13.8 Å². The number of rotatable bonds is 9. The molecule has 0 fully saturated rings. The molecular weight excluding hydrogens is 373 g/mol. The van der Waals surface area contributed by atoms with Gasteiger partial charge < -0.3 is 9.47 Å². The van der Waals surface area contributed by atoms with Crippen LogP contribution in [0.15, 0.2) is 53.4 Å². The number of hydrogen-bond donors (Lipinski definition) is 0. The minimum absolute atomic E-state index is 0.00963. The lowest BCUT2D eigenvalue weighted by Crippen LogP contribution is -2.30. The zero-order valence-corrected chi connectivity index (χ0v) is 16.0. The highest BCUT2D eigenvalue weighted by atomic mass is 32.2. The van der Waals surface area contributed by atoms with Gasteiger partial charge in [-0.25, -0.2) is 17.6 Å². The number of nitrogens with zero attached hydrogens (tertiary/aromatic N) is 1. The first kappa shape index (κ1) is 20.9. The Morgan fingerprint density at radius 1 is 0.963 bits per heavy atom. The number of benzene rings is 2. The fraction of sp³-hybridized carbons (Fsp3) is 0.316. The zero-order valence-electron chi connectivity index (χ0n) is 15.2. The van der Waals surface area contributed by atoms with Gasteiger partial charge in [-0.15, -0.1) is 0 Å². The largest absolute Gasteiger partial charge is 0.490 e. The summed E-state index contributed by atoms with van der Waals surface area (Å²) in [4.78, 5) is 12.1. The molecule has 0 saturated heterocycles. The predicted molar refractivity (Wildman–Crippen MR) is 98.7 cm³/mol. The molecule has 146 valence electrons. The second-order valence-corrected chi connectivity index (χ2v) is 7.49. The van der Waals surface area contributed by atoms with Crippen molar-refractivity contribution in [1.29, 1.82) is 0 Å². The van der Waals surface area contributed by atoms with Crippen molar-refractivity contribution in [2.75, 3.05) is 26.3 Å². The third-order valence-corrected chi connectivity index (χ3v) is 5.90. The van der Waals surface area contributed by atoms with Crippen LogP contribution in [0, 0.1) is 5.82 Å². The zero-order chi connectivity index (χ0) is 19.9. The highest BCUT2D eigenvalue weighted by Gasteiger charge is 2.21. The van der Waals surface area contributed by atoms with Gasteiger partial charge >= 0.3 is 5.97 Å². The maximum atomic E-state index is 12.8. The normalized spacial score (nSPS) is 11.4. The second kappa shape index (κ2) is 9.48. The summed E-state index contributed by atoms with van der Waals surface area (Å²) in [5, 5.41) is 0. The van der Waals surface area contributed by atoms with Crippen LogP contribution in [0.5, 0.6) is 5.75 Å². The standard InChI is InChI=1S/C19H22FNO5S/c1-3-21(4-2)27(23,24)18-11-5-15(6-12-18)19(22)26-14-13-25-17-9-7-16(20)8-10-17/h5-12H,3-4,13-14H2,1-2H3. The van der Waals surface area contributed by atoms with Gasteiger partial charge in [0.15, 0.2) is 0 Å². The van der Waals surface area contributed by atoms with Crippen molar-refractivity contribution in [1.82, 2.24) is 4.31 Å². The second-order valence-electron chi connectivity index (χ2n) is 5.55. The molecule has 8 heteroatoms. The molecule has 2 aromatic rings. The van der Waals surface area contributed by atoms with Crippen molar-refractivity contribution in [3.63, 3.8) is 0 Å². The molecule has 0 spiro atoms. The van der Waals surface area contributed by atoms with E-state index in [2.05, 4.69) is 0 Å². The van der Waals surface area contributed by atoms with Crippen LogP contribution < -0.4 is 4.74 Å². The summed E-state index contributed by atoms with van der Waals surface area (Å²) >= 11 is 0. The molecule has 0 N–H and O–H groups in total. The van der Waals surface area contributed by atoms with Gasteiger partial charge in [-0.05, 0) is 48.5 Å². The highest BCUT2D eigenvalue weighted by Crippen LogP contribution is 2.17. The fourth-order valence-corrected chi connectivity index (χ4v) is 3.84. The van der Waals surface area contributed by atoms with Crippen molar-refractivity contribution in [3.05, 3.63) is 59.9 Å². The summed E-state index contributed by atoms with van der Waals surface area (Å²) in [6.07, 6.45) is 0. The summed E-state index contributed by atoms with van der Waals surface area (Å²) in [5.74, 6) is -0.469. The molecule has 2 rings (SSSR count). The molecule has 6 nitrogen and oxygen atoms in total. The average Bonchev–Trinajstić information content (AvgIpc) is 2.67. The maximum Gasteiger partial charge on any atom is 0.338 e. The SMILES string of the molecule is CCN(CC)S(=O)(=O)c1ccc(C(=O)OCCOc2ccc(F)cc2)cc1. The molecule has 0 radical (unpaired) electrons. The molecular formula is C19H22FNO5S. The van der Waals surface area contributed by atoms with Crippen LogP contribution in [-0.2, 0) is 14.8 Å². The van der Waals surface area contributed by atoms with Gasteiger partial charge in [-0.3, -0.25) is 0 Å². The first-order valence-electron chi connectivity index (χ1n) is 8.54. The number of hydrogen-bond acceptors (Lipinski definition) is 5. The number of halogens is 1. The number of sulfonamides is 1. The van der Waals surface area contributed by atoms with E-state index in [0.29, 0.717) is 18.8 Å². The van der Waals surface area contributed by atoms with Gasteiger partial charge in [-0.2, -0.15) is 4.31 Å². The summed E-state index contributed by atoms with van der Waals surface area (Å²) < 4.78 is 49.4. The number of ether oxygens (including phenoxy) is 2. The summed E-state index contributed by atoms with van der Waals surface area (Å²) in [5.41, 5.74) is 0.246. The lowest BCUT2D eigenvalue weighted by atomic mass is 10.2. The molecule has 0 atom stereocenters. The third-order valence-electron chi connectivity index (χ3n) is 3.83. The minimum atomic E-state index is -3.56. The topological polar surface area (TPSA) is 72.9 Å². The van der Waals surface area contributed by atoms with Crippen molar-refractivity contribution in [2.45, 2.75) is 18.7 Å². The van der Waals surface area contributed by atoms with Crippen LogP contribution in [-0.4, -0.2) is 45.0 Å². The minimum Gasteiger partial charge on any atom is -0.490 e. The van der Waals surface area contributed by atoms with Gasteiger partial charge in [0.25, 0.3) is 0 Å². The van der Waals surface area contributed by atoms with Crippen molar-refractivity contribution in [2.24, 2.45) is 0 Å². The Labute approximate surface area is 158 Å². The molecule has 0 bridgehead atoms. The number of esters is 1. The monoisotopic (exact) mass is 395 g/mol. The Bertz CT molecular complexity index is 847. The van der Waals surface area contributed by atoms with E-state index in [4.69, 9.17) is 9.47 Å². The van der Waals surface area contributed by atoms with E-state index in [-0.39, 0.29) is 29.5 Å². The quantitative estimate of drug-likeness (QED) is 0.482. The molecule has 0 aliphatic heterocycles. The van der Waals surface area contributed by atoms with Crippen LogP contribution in [0.2, 0.25) is 0 Å². The van der Waals surface area contributed by atoms with Gasteiger partial charge in [0.1, 0.15) is 24.8 Å². The van der Waals surface area contributed by atoms with E-state index in [1.165, 1.54) is 52.8 Å². The van der Waals surface area contributed by atoms with Gasteiger partial charge in [0.05, 0.1) is 10.5 Å². The van der Waals surface area contributed by atoms with Crippen LogP contribution >= 0.6 is 0 Å².